The topological polar surface area (TPSA) is 70.6 Å². The molecule has 0 bridgehead atoms. The number of Topliss-reactive ketones (excluding diaryl/α,β-unsaturated/α-hetero) is 1. The molecule has 0 aromatic carbocycles. The molecule has 0 saturated heterocycles. The van der Waals surface area contributed by atoms with Gasteiger partial charge < -0.3 is 10.6 Å². The van der Waals surface area contributed by atoms with Gasteiger partial charge in [0.15, 0.2) is 5.78 Å². The van der Waals surface area contributed by atoms with Crippen molar-refractivity contribution in [1.29, 1.82) is 0 Å². The van der Waals surface area contributed by atoms with Crippen molar-refractivity contribution in [2.24, 2.45) is 4.99 Å². The first-order chi connectivity index (χ1) is 8.08. The summed E-state index contributed by atoms with van der Waals surface area (Å²) in [5.41, 5.74) is 2.09. The maximum absolute atomic E-state index is 11.5. The van der Waals surface area contributed by atoms with Gasteiger partial charge in [0.25, 0.3) is 0 Å². The highest BCUT2D eigenvalue weighted by atomic mass is 16.1. The summed E-state index contributed by atoms with van der Waals surface area (Å²) in [6.07, 6.45) is 3.87. The maximum Gasteiger partial charge on any atom is 0.207 e. The third-order valence-corrected chi connectivity index (χ3v) is 2.27. The number of rotatable bonds is 7. The predicted octanol–water partition coefficient (Wildman–Crippen LogP) is 0.789. The summed E-state index contributed by atoms with van der Waals surface area (Å²) in [5.74, 6) is -0.0709. The van der Waals surface area contributed by atoms with Crippen LogP contribution in [0.4, 0.5) is 0 Å². The molecule has 0 fully saturated rings. The summed E-state index contributed by atoms with van der Waals surface area (Å²) in [4.78, 5) is 25.7. The molecule has 0 aliphatic rings. The molecule has 1 amide bonds. The minimum Gasteiger partial charge on any atom is -0.387 e. The van der Waals surface area contributed by atoms with Crippen LogP contribution in [0.15, 0.2) is 28.0 Å². The molecule has 0 aliphatic heterocycles. The number of amides is 1. The third-order valence-electron chi connectivity index (χ3n) is 2.27. The molecule has 94 valence electrons. The van der Waals surface area contributed by atoms with E-state index in [-0.39, 0.29) is 12.3 Å². The smallest absolute Gasteiger partial charge is 0.207 e. The fourth-order valence-corrected chi connectivity index (χ4v) is 1.33. The number of nitrogens with zero attached hydrogens (tertiary/aromatic N) is 1. The Balaban J connectivity index is 5.27. The van der Waals surface area contributed by atoms with E-state index in [9.17, 15) is 9.59 Å². The van der Waals surface area contributed by atoms with Crippen LogP contribution in [0.5, 0.6) is 0 Å². The lowest BCUT2D eigenvalue weighted by molar-refractivity contribution is -0.113. The van der Waals surface area contributed by atoms with E-state index >= 15 is 0 Å². The molecule has 0 radical (unpaired) electrons. The molecular formula is C12H19N3O2. The molecule has 0 spiro atoms. The van der Waals surface area contributed by atoms with Crippen molar-refractivity contribution >= 4 is 18.4 Å². The molecule has 0 aliphatic carbocycles. The second-order valence-corrected chi connectivity index (χ2v) is 3.36. The van der Waals surface area contributed by atoms with Gasteiger partial charge in [0, 0.05) is 31.6 Å². The predicted molar refractivity (Wildman–Crippen MR) is 68.8 cm³/mol. The van der Waals surface area contributed by atoms with Crippen LogP contribution in [-0.2, 0) is 9.59 Å². The second-order valence-electron chi connectivity index (χ2n) is 3.36. The standard InChI is InChI=1S/C12H19N3O2/c1-5-14-7-12(13-4)9(2)11(10(3)17)6-15-8-16/h5,7-8,13H,6H2,1-4H3,(H,15,16)/b11-9-,12-7-,14-5?. The van der Waals surface area contributed by atoms with Crippen LogP contribution in [0.25, 0.3) is 0 Å². The van der Waals surface area contributed by atoms with Gasteiger partial charge in [-0.15, -0.1) is 0 Å². The zero-order valence-electron chi connectivity index (χ0n) is 10.7. The Bertz CT molecular complexity index is 368. The number of aliphatic imine (C=N–C) groups is 1. The molecule has 0 rings (SSSR count). The lowest BCUT2D eigenvalue weighted by atomic mass is 10.0. The Labute approximate surface area is 102 Å². The fraction of sp³-hybridized carbons (Fsp3) is 0.417. The minimum atomic E-state index is -0.0709. The van der Waals surface area contributed by atoms with Gasteiger partial charge in [-0.25, -0.2) is 0 Å². The monoisotopic (exact) mass is 237 g/mol. The highest BCUT2D eigenvalue weighted by Gasteiger charge is 2.10. The van der Waals surface area contributed by atoms with Crippen molar-refractivity contribution < 1.29 is 9.59 Å². The van der Waals surface area contributed by atoms with Gasteiger partial charge in [0.1, 0.15) is 0 Å². The Morgan fingerprint density at radius 2 is 2.00 bits per heavy atom. The van der Waals surface area contributed by atoms with E-state index in [4.69, 9.17) is 0 Å². The highest BCUT2D eigenvalue weighted by Crippen LogP contribution is 2.12. The van der Waals surface area contributed by atoms with E-state index in [2.05, 4.69) is 15.6 Å². The number of nitrogens with one attached hydrogen (secondary N) is 2. The zero-order valence-corrected chi connectivity index (χ0v) is 10.7. The average Bonchev–Trinajstić information content (AvgIpc) is 2.30. The molecule has 5 nitrogen and oxygen atoms in total. The van der Waals surface area contributed by atoms with Gasteiger partial charge in [0.05, 0.1) is 5.70 Å². The van der Waals surface area contributed by atoms with Crippen molar-refractivity contribution in [1.82, 2.24) is 10.6 Å². The van der Waals surface area contributed by atoms with Crippen molar-refractivity contribution in [2.45, 2.75) is 20.8 Å². The van der Waals surface area contributed by atoms with Gasteiger partial charge in [0.2, 0.25) is 6.41 Å². The number of hydrogen-bond donors (Lipinski definition) is 2. The molecule has 0 saturated carbocycles. The summed E-state index contributed by atoms with van der Waals surface area (Å²) >= 11 is 0. The number of carbonyl (C=O) groups is 2. The number of ketones is 1. The lowest BCUT2D eigenvalue weighted by Gasteiger charge is -2.11. The normalized spacial score (nSPS) is 13.3. The van der Waals surface area contributed by atoms with E-state index in [0.717, 1.165) is 11.3 Å². The summed E-state index contributed by atoms with van der Waals surface area (Å²) in [6.45, 7) is 5.32. The summed E-state index contributed by atoms with van der Waals surface area (Å²) in [5, 5.41) is 5.46. The van der Waals surface area contributed by atoms with E-state index in [1.807, 2.05) is 13.8 Å². The molecule has 17 heavy (non-hydrogen) atoms. The van der Waals surface area contributed by atoms with Crippen LogP contribution >= 0.6 is 0 Å². The quantitative estimate of drug-likeness (QED) is 0.298. The van der Waals surface area contributed by atoms with Crippen LogP contribution < -0.4 is 10.6 Å². The Kier molecular flexibility index (Phi) is 7.34. The Morgan fingerprint density at radius 1 is 1.35 bits per heavy atom. The van der Waals surface area contributed by atoms with Crippen LogP contribution in [-0.4, -0.2) is 32.0 Å². The first-order valence-corrected chi connectivity index (χ1v) is 5.32. The Hall–Kier alpha value is -1.91. The summed E-state index contributed by atoms with van der Waals surface area (Å²) in [6, 6.07) is 0. The SMILES string of the molecule is CC=N/C=C(NC)/C(C)=C(/CNC=O)C(C)=O. The van der Waals surface area contributed by atoms with E-state index in [1.54, 1.807) is 19.5 Å². The third kappa shape index (κ3) is 5.10. The van der Waals surface area contributed by atoms with Crippen molar-refractivity contribution in [3.8, 4) is 0 Å². The first-order valence-electron chi connectivity index (χ1n) is 5.32. The van der Waals surface area contributed by atoms with E-state index in [0.29, 0.717) is 12.0 Å². The van der Waals surface area contributed by atoms with Crippen LogP contribution in [0.1, 0.15) is 20.8 Å². The van der Waals surface area contributed by atoms with Crippen LogP contribution in [0.2, 0.25) is 0 Å². The number of likely N-dealkylation sites (N-methyl/N-ethyl adjacent to an activating group) is 1. The van der Waals surface area contributed by atoms with Crippen molar-refractivity contribution in [3.63, 3.8) is 0 Å². The van der Waals surface area contributed by atoms with Crippen molar-refractivity contribution in [3.05, 3.63) is 23.0 Å². The van der Waals surface area contributed by atoms with Gasteiger partial charge >= 0.3 is 0 Å². The zero-order chi connectivity index (χ0) is 13.3. The van der Waals surface area contributed by atoms with Gasteiger partial charge in [-0.1, -0.05) is 0 Å². The molecule has 0 unspecified atom stereocenters. The number of allylic oxidation sites excluding steroid dienone is 1. The maximum atomic E-state index is 11.5. The molecule has 5 heteroatoms. The minimum absolute atomic E-state index is 0.0709. The molecule has 0 aromatic rings. The molecule has 2 N–H and O–H groups in total. The Morgan fingerprint density at radius 3 is 2.41 bits per heavy atom. The number of hydrogen-bond acceptors (Lipinski definition) is 4. The van der Waals surface area contributed by atoms with Gasteiger partial charge in [-0.05, 0) is 26.3 Å². The molecular weight excluding hydrogens is 218 g/mol. The highest BCUT2D eigenvalue weighted by molar-refractivity contribution is 5.95. The molecule has 0 aromatic heterocycles. The summed E-state index contributed by atoms with van der Waals surface area (Å²) < 4.78 is 0. The van der Waals surface area contributed by atoms with Crippen LogP contribution in [0.3, 0.4) is 0 Å². The largest absolute Gasteiger partial charge is 0.387 e. The first kappa shape index (κ1) is 15.1. The van der Waals surface area contributed by atoms with Gasteiger partial charge in [-0.3, -0.25) is 14.6 Å². The van der Waals surface area contributed by atoms with E-state index in [1.165, 1.54) is 6.92 Å². The molecule has 0 heterocycles. The molecule has 0 atom stereocenters. The average molecular weight is 237 g/mol. The lowest BCUT2D eigenvalue weighted by Crippen LogP contribution is -2.21. The van der Waals surface area contributed by atoms with Gasteiger partial charge in [-0.2, -0.15) is 0 Å². The van der Waals surface area contributed by atoms with E-state index < -0.39 is 0 Å². The number of carbonyl (C=O) groups excluding carboxylic acids is 2. The van der Waals surface area contributed by atoms with Crippen LogP contribution in [0, 0.1) is 0 Å². The second kappa shape index (κ2) is 8.27. The fourth-order valence-electron chi connectivity index (χ4n) is 1.33. The summed E-state index contributed by atoms with van der Waals surface area (Å²) in [7, 11) is 1.76. The van der Waals surface area contributed by atoms with Crippen molar-refractivity contribution in [2.75, 3.05) is 13.6 Å².